The summed E-state index contributed by atoms with van der Waals surface area (Å²) >= 11 is 1.74. The smallest absolute Gasteiger partial charge is 0.0842 e. The van der Waals surface area contributed by atoms with Crippen molar-refractivity contribution >= 4 is 11.3 Å². The number of nitrogens with zero attached hydrogens (tertiary/aromatic N) is 1. The van der Waals surface area contributed by atoms with E-state index in [0.29, 0.717) is 0 Å². The molecule has 0 bridgehead atoms. The Labute approximate surface area is 124 Å². The number of aryl methyl sites for hydroxylation is 2. The number of benzene rings is 1. The van der Waals surface area contributed by atoms with Gasteiger partial charge < -0.3 is 0 Å². The minimum absolute atomic E-state index is 0.419. The van der Waals surface area contributed by atoms with Crippen LogP contribution in [0.1, 0.15) is 41.3 Å². The highest BCUT2D eigenvalue weighted by Crippen LogP contribution is 2.32. The zero-order chi connectivity index (χ0) is 14.0. The first-order valence-electron chi connectivity index (χ1n) is 7.27. The highest BCUT2D eigenvalue weighted by atomic mass is 32.1. The van der Waals surface area contributed by atoms with Crippen molar-refractivity contribution in [2.24, 2.45) is 0 Å². The molecule has 0 amide bonds. The van der Waals surface area contributed by atoms with Gasteiger partial charge in [0.2, 0.25) is 0 Å². The number of rotatable bonds is 3. The molecule has 0 fully saturated rings. The number of hydrogen-bond acceptors (Lipinski definition) is 2. The molecule has 1 aliphatic carbocycles. The van der Waals surface area contributed by atoms with Crippen LogP contribution in [0, 0.1) is 11.3 Å². The molecular formula is C18H19NS. The fraction of sp³-hybridized carbons (Fsp3) is 0.389. The summed E-state index contributed by atoms with van der Waals surface area (Å²) in [5.41, 5.74) is 3.70. The maximum atomic E-state index is 9.70. The first kappa shape index (κ1) is 13.4. The highest BCUT2D eigenvalue weighted by Gasteiger charge is 2.28. The summed E-state index contributed by atoms with van der Waals surface area (Å²) in [6.45, 7) is 2.07. The number of nitriles is 1. The van der Waals surface area contributed by atoms with Gasteiger partial charge in [0.15, 0.2) is 0 Å². The van der Waals surface area contributed by atoms with Gasteiger partial charge in [-0.25, -0.2) is 0 Å². The molecule has 0 saturated heterocycles. The van der Waals surface area contributed by atoms with Gasteiger partial charge in [0.05, 0.1) is 11.5 Å². The summed E-state index contributed by atoms with van der Waals surface area (Å²) < 4.78 is 0. The van der Waals surface area contributed by atoms with Crippen molar-refractivity contribution in [3.05, 3.63) is 57.3 Å². The van der Waals surface area contributed by atoms with Crippen molar-refractivity contribution in [2.45, 2.75) is 44.4 Å². The molecule has 0 aliphatic heterocycles. The number of thiophene rings is 1. The molecule has 0 saturated carbocycles. The van der Waals surface area contributed by atoms with Gasteiger partial charge in [-0.05, 0) is 60.7 Å². The van der Waals surface area contributed by atoms with Gasteiger partial charge in [0.25, 0.3) is 0 Å². The largest absolute Gasteiger partial charge is 0.197 e. The van der Waals surface area contributed by atoms with Crippen molar-refractivity contribution in [3.8, 4) is 6.07 Å². The van der Waals surface area contributed by atoms with E-state index in [-0.39, 0.29) is 0 Å². The summed E-state index contributed by atoms with van der Waals surface area (Å²) in [4.78, 5) is 1.28. The Morgan fingerprint density at radius 1 is 1.20 bits per heavy atom. The quantitative estimate of drug-likeness (QED) is 0.803. The molecule has 102 valence electrons. The van der Waals surface area contributed by atoms with Crippen molar-refractivity contribution in [1.29, 1.82) is 5.26 Å². The summed E-state index contributed by atoms with van der Waals surface area (Å²) in [5, 5.41) is 11.8. The Bertz CT molecular complexity index is 636. The summed E-state index contributed by atoms with van der Waals surface area (Å²) in [6.07, 6.45) is 5.76. The van der Waals surface area contributed by atoms with E-state index in [9.17, 15) is 5.26 Å². The second-order valence-corrected chi connectivity index (χ2v) is 6.92. The zero-order valence-electron chi connectivity index (χ0n) is 11.9. The van der Waals surface area contributed by atoms with Crippen LogP contribution in [0.5, 0.6) is 0 Å². The second-order valence-electron chi connectivity index (χ2n) is 5.89. The maximum Gasteiger partial charge on any atom is 0.0842 e. The Hall–Kier alpha value is -1.59. The van der Waals surface area contributed by atoms with Gasteiger partial charge in [0.1, 0.15) is 0 Å². The molecular weight excluding hydrogens is 262 g/mol. The van der Waals surface area contributed by atoms with E-state index in [1.54, 1.807) is 11.3 Å². The normalized spacial score (nSPS) is 17.0. The summed E-state index contributed by atoms with van der Waals surface area (Å²) in [7, 11) is 0. The Kier molecular flexibility index (Phi) is 3.63. The number of hydrogen-bond donors (Lipinski definition) is 0. The van der Waals surface area contributed by atoms with Crippen LogP contribution in [0.25, 0.3) is 0 Å². The molecule has 0 radical (unpaired) electrons. The maximum absolute atomic E-state index is 9.70. The standard InChI is InChI=1S/C18H19NS/c1-18(13-19,12-17-7-4-10-20-17)16-9-8-14-5-2-3-6-15(14)11-16/h4,7-11H,2-3,5-6,12H2,1H3. The predicted molar refractivity (Wildman–Crippen MR) is 84.1 cm³/mol. The molecule has 1 heterocycles. The van der Waals surface area contributed by atoms with Gasteiger partial charge in [0, 0.05) is 11.3 Å². The summed E-state index contributed by atoms with van der Waals surface area (Å²) in [5.74, 6) is 0. The molecule has 0 spiro atoms. The van der Waals surface area contributed by atoms with Gasteiger partial charge in [-0.15, -0.1) is 11.3 Å². The van der Waals surface area contributed by atoms with E-state index in [2.05, 4.69) is 48.7 Å². The van der Waals surface area contributed by atoms with Crippen LogP contribution in [0.2, 0.25) is 0 Å². The van der Waals surface area contributed by atoms with Gasteiger partial charge >= 0.3 is 0 Å². The van der Waals surface area contributed by atoms with Crippen LogP contribution in [0.4, 0.5) is 0 Å². The lowest BCUT2D eigenvalue weighted by Gasteiger charge is -2.24. The molecule has 1 unspecified atom stereocenters. The molecule has 2 aromatic rings. The first-order valence-corrected chi connectivity index (χ1v) is 8.15. The van der Waals surface area contributed by atoms with Gasteiger partial charge in [-0.1, -0.05) is 24.3 Å². The predicted octanol–water partition coefficient (Wildman–Crippen LogP) is 4.65. The van der Waals surface area contributed by atoms with Crippen LogP contribution >= 0.6 is 11.3 Å². The minimum Gasteiger partial charge on any atom is -0.197 e. The molecule has 1 aromatic carbocycles. The average Bonchev–Trinajstić information content (AvgIpc) is 2.99. The van der Waals surface area contributed by atoms with E-state index in [4.69, 9.17) is 0 Å². The van der Waals surface area contributed by atoms with Gasteiger partial charge in [-0.3, -0.25) is 0 Å². The zero-order valence-corrected chi connectivity index (χ0v) is 12.7. The molecule has 0 N–H and O–H groups in total. The monoisotopic (exact) mass is 281 g/mol. The average molecular weight is 281 g/mol. The van der Waals surface area contributed by atoms with E-state index in [1.807, 2.05) is 0 Å². The van der Waals surface area contributed by atoms with Crippen molar-refractivity contribution in [3.63, 3.8) is 0 Å². The van der Waals surface area contributed by atoms with Crippen molar-refractivity contribution in [1.82, 2.24) is 0 Å². The van der Waals surface area contributed by atoms with Crippen LogP contribution in [0.3, 0.4) is 0 Å². The molecule has 1 nitrogen and oxygen atoms in total. The summed E-state index contributed by atoms with van der Waals surface area (Å²) in [6, 6.07) is 13.4. The third kappa shape index (κ3) is 2.51. The van der Waals surface area contributed by atoms with Crippen LogP contribution in [-0.2, 0) is 24.7 Å². The molecule has 3 rings (SSSR count). The Morgan fingerprint density at radius 2 is 2.00 bits per heavy atom. The van der Waals surface area contributed by atoms with Crippen LogP contribution in [0.15, 0.2) is 35.7 Å². The molecule has 1 aromatic heterocycles. The van der Waals surface area contributed by atoms with Crippen molar-refractivity contribution < 1.29 is 0 Å². The Balaban J connectivity index is 1.94. The Morgan fingerprint density at radius 3 is 2.70 bits per heavy atom. The SMILES string of the molecule is CC(C#N)(Cc1cccs1)c1ccc2c(c1)CCCC2. The van der Waals surface area contributed by atoms with Crippen LogP contribution in [-0.4, -0.2) is 0 Å². The van der Waals surface area contributed by atoms with E-state index in [0.717, 1.165) is 6.42 Å². The lowest BCUT2D eigenvalue weighted by Crippen LogP contribution is -2.23. The third-order valence-electron chi connectivity index (χ3n) is 4.34. The topological polar surface area (TPSA) is 23.8 Å². The number of fused-ring (bicyclic) bond motifs is 1. The lowest BCUT2D eigenvalue weighted by molar-refractivity contribution is 0.607. The first-order chi connectivity index (χ1) is 9.71. The minimum atomic E-state index is -0.419. The van der Waals surface area contributed by atoms with E-state index in [1.165, 1.54) is 47.3 Å². The van der Waals surface area contributed by atoms with Gasteiger partial charge in [-0.2, -0.15) is 5.26 Å². The molecule has 2 heteroatoms. The second kappa shape index (κ2) is 5.42. The molecule has 20 heavy (non-hydrogen) atoms. The fourth-order valence-corrected chi connectivity index (χ4v) is 3.91. The lowest BCUT2D eigenvalue weighted by atomic mass is 9.78. The highest BCUT2D eigenvalue weighted by molar-refractivity contribution is 7.09. The van der Waals surface area contributed by atoms with E-state index < -0.39 is 5.41 Å². The molecule has 1 atom stereocenters. The third-order valence-corrected chi connectivity index (χ3v) is 5.22. The van der Waals surface area contributed by atoms with Crippen LogP contribution < -0.4 is 0 Å². The van der Waals surface area contributed by atoms with Crippen molar-refractivity contribution in [2.75, 3.05) is 0 Å². The fourth-order valence-electron chi connectivity index (χ4n) is 3.04. The molecule has 1 aliphatic rings. The van der Waals surface area contributed by atoms with E-state index >= 15 is 0 Å².